The van der Waals surface area contributed by atoms with E-state index in [9.17, 15) is 14.4 Å². The summed E-state index contributed by atoms with van der Waals surface area (Å²) >= 11 is 0. The van der Waals surface area contributed by atoms with E-state index < -0.39 is 12.6 Å². The lowest BCUT2D eigenvalue weighted by atomic mass is 10.1. The van der Waals surface area contributed by atoms with Crippen molar-refractivity contribution in [2.24, 2.45) is 0 Å². The number of nitrogens with zero attached hydrogens (tertiary/aromatic N) is 1. The molecule has 8 heteroatoms. The molecule has 0 unspecified atom stereocenters. The highest BCUT2D eigenvalue weighted by Gasteiger charge is 2.17. The first-order valence-electron chi connectivity index (χ1n) is 9.22. The number of carbonyl (C=O) groups excluding carboxylic acids is 2. The molecule has 8 nitrogen and oxygen atoms in total. The van der Waals surface area contributed by atoms with E-state index in [2.05, 4.69) is 5.32 Å². The quantitative estimate of drug-likeness (QED) is 0.737. The highest BCUT2D eigenvalue weighted by molar-refractivity contribution is 6.04. The summed E-state index contributed by atoms with van der Waals surface area (Å²) in [5.41, 5.74) is 1.80. The van der Waals surface area contributed by atoms with E-state index in [1.165, 1.54) is 6.07 Å². The van der Waals surface area contributed by atoms with Crippen molar-refractivity contribution in [2.75, 3.05) is 38.2 Å². The maximum absolute atomic E-state index is 12.4. The van der Waals surface area contributed by atoms with E-state index in [-0.39, 0.29) is 11.8 Å². The molecule has 0 saturated carbocycles. The van der Waals surface area contributed by atoms with E-state index >= 15 is 0 Å². The number of hydrogen-bond acceptors (Lipinski definition) is 5. The Bertz CT molecular complexity index is 875. The number of hydrogen-bond donors (Lipinski definition) is 2. The molecule has 2 N–H and O–H groups in total. The number of carbonyl (C=O) groups is 3. The van der Waals surface area contributed by atoms with Gasteiger partial charge in [-0.3, -0.25) is 9.59 Å². The lowest BCUT2D eigenvalue weighted by Gasteiger charge is -2.26. The second kappa shape index (κ2) is 9.70. The van der Waals surface area contributed by atoms with Crippen LogP contribution in [-0.4, -0.2) is 60.7 Å². The van der Waals surface area contributed by atoms with Crippen LogP contribution in [0.25, 0.3) is 0 Å². The summed E-state index contributed by atoms with van der Waals surface area (Å²) in [7, 11) is 0. The third kappa shape index (κ3) is 6.05. The fraction of sp³-hybridized carbons (Fsp3) is 0.286. The normalized spacial score (nSPS) is 13.6. The molecule has 0 aromatic heterocycles. The molecule has 29 heavy (non-hydrogen) atoms. The van der Waals surface area contributed by atoms with Gasteiger partial charge in [-0.2, -0.15) is 0 Å². The van der Waals surface area contributed by atoms with E-state index in [0.29, 0.717) is 49.7 Å². The van der Waals surface area contributed by atoms with Crippen LogP contribution in [-0.2, 0) is 20.7 Å². The van der Waals surface area contributed by atoms with Crippen molar-refractivity contribution in [3.63, 3.8) is 0 Å². The van der Waals surface area contributed by atoms with Crippen LogP contribution in [0.4, 0.5) is 5.69 Å². The first kappa shape index (κ1) is 20.3. The molecule has 0 radical (unpaired) electrons. The van der Waals surface area contributed by atoms with Crippen molar-refractivity contribution in [3.05, 3.63) is 59.7 Å². The number of anilines is 1. The van der Waals surface area contributed by atoms with Crippen LogP contribution in [0, 0.1) is 0 Å². The van der Waals surface area contributed by atoms with Gasteiger partial charge in [-0.1, -0.05) is 18.2 Å². The van der Waals surface area contributed by atoms with Gasteiger partial charge in [0.25, 0.3) is 5.91 Å². The fourth-order valence-electron chi connectivity index (χ4n) is 2.88. The van der Waals surface area contributed by atoms with E-state index in [0.717, 1.165) is 5.56 Å². The van der Waals surface area contributed by atoms with Gasteiger partial charge in [-0.05, 0) is 35.9 Å². The third-order valence-electron chi connectivity index (χ3n) is 4.39. The van der Waals surface area contributed by atoms with Crippen LogP contribution < -0.4 is 10.1 Å². The molecule has 1 heterocycles. The Hall–Kier alpha value is -3.39. The number of morpholine rings is 1. The average Bonchev–Trinajstić information content (AvgIpc) is 2.74. The first-order chi connectivity index (χ1) is 14.0. The summed E-state index contributed by atoms with van der Waals surface area (Å²) in [5, 5.41) is 11.4. The Balaban J connectivity index is 1.56. The lowest BCUT2D eigenvalue weighted by molar-refractivity contribution is -0.139. The Morgan fingerprint density at radius 2 is 1.79 bits per heavy atom. The minimum Gasteiger partial charge on any atom is -0.482 e. The highest BCUT2D eigenvalue weighted by atomic mass is 16.5. The summed E-state index contributed by atoms with van der Waals surface area (Å²) in [5.74, 6) is -1.07. The van der Waals surface area contributed by atoms with Gasteiger partial charge >= 0.3 is 5.97 Å². The van der Waals surface area contributed by atoms with Gasteiger partial charge in [0.15, 0.2) is 6.61 Å². The monoisotopic (exact) mass is 398 g/mol. The van der Waals surface area contributed by atoms with Crippen LogP contribution >= 0.6 is 0 Å². The first-order valence-corrected chi connectivity index (χ1v) is 9.22. The average molecular weight is 398 g/mol. The number of rotatable bonds is 7. The number of carboxylic acid groups (broad SMARTS) is 1. The van der Waals surface area contributed by atoms with Gasteiger partial charge in [0.2, 0.25) is 5.91 Å². The zero-order valence-electron chi connectivity index (χ0n) is 15.8. The maximum atomic E-state index is 12.4. The van der Waals surface area contributed by atoms with Gasteiger partial charge in [0.1, 0.15) is 5.75 Å². The van der Waals surface area contributed by atoms with Gasteiger partial charge in [-0.15, -0.1) is 0 Å². The summed E-state index contributed by atoms with van der Waals surface area (Å²) in [6.07, 6.45) is 0.303. The summed E-state index contributed by atoms with van der Waals surface area (Å²) in [4.78, 5) is 37.1. The standard InChI is InChI=1S/C21H22N2O6/c24-19(23-8-10-28-11-9-23)12-15-4-6-17(7-5-15)22-21(27)16-2-1-3-18(13-16)29-14-20(25)26/h1-7,13H,8-12,14H2,(H,22,27)(H,25,26). The highest BCUT2D eigenvalue weighted by Crippen LogP contribution is 2.16. The zero-order valence-corrected chi connectivity index (χ0v) is 15.8. The lowest BCUT2D eigenvalue weighted by Crippen LogP contribution is -2.41. The maximum Gasteiger partial charge on any atom is 0.341 e. The molecular weight excluding hydrogens is 376 g/mol. The minimum absolute atomic E-state index is 0.0586. The Kier molecular flexibility index (Phi) is 6.80. The van der Waals surface area contributed by atoms with Gasteiger partial charge in [0, 0.05) is 24.3 Å². The third-order valence-corrected chi connectivity index (χ3v) is 4.39. The molecule has 152 valence electrons. The molecule has 2 aromatic carbocycles. The van der Waals surface area contributed by atoms with E-state index in [1.807, 2.05) is 0 Å². The Labute approximate surface area is 168 Å². The molecule has 0 atom stereocenters. The molecule has 0 spiro atoms. The molecular formula is C21H22N2O6. The van der Waals surface area contributed by atoms with Crippen LogP contribution in [0.15, 0.2) is 48.5 Å². The Morgan fingerprint density at radius 1 is 1.07 bits per heavy atom. The molecule has 1 fully saturated rings. The largest absolute Gasteiger partial charge is 0.482 e. The summed E-state index contributed by atoms with van der Waals surface area (Å²) < 4.78 is 10.3. The van der Waals surface area contributed by atoms with Gasteiger partial charge in [-0.25, -0.2) is 4.79 Å². The van der Waals surface area contributed by atoms with Crippen molar-refractivity contribution in [2.45, 2.75) is 6.42 Å². The van der Waals surface area contributed by atoms with Gasteiger partial charge in [0.05, 0.1) is 19.6 Å². The van der Waals surface area contributed by atoms with Crippen molar-refractivity contribution in [3.8, 4) is 5.75 Å². The fourth-order valence-corrected chi connectivity index (χ4v) is 2.88. The second-order valence-electron chi connectivity index (χ2n) is 6.53. The summed E-state index contributed by atoms with van der Waals surface area (Å²) in [6.45, 7) is 1.89. The molecule has 2 amide bonds. The van der Waals surface area contributed by atoms with Crippen LogP contribution in [0.5, 0.6) is 5.75 Å². The zero-order chi connectivity index (χ0) is 20.6. The van der Waals surface area contributed by atoms with Gasteiger partial charge < -0.3 is 24.8 Å². The number of aliphatic carboxylic acids is 1. The van der Waals surface area contributed by atoms with Crippen LogP contribution in [0.1, 0.15) is 15.9 Å². The number of carboxylic acids is 1. The number of benzene rings is 2. The topological polar surface area (TPSA) is 105 Å². The Morgan fingerprint density at radius 3 is 2.48 bits per heavy atom. The van der Waals surface area contributed by atoms with Crippen LogP contribution in [0.2, 0.25) is 0 Å². The number of amides is 2. The SMILES string of the molecule is O=C(O)COc1cccc(C(=O)Nc2ccc(CC(=O)N3CCOCC3)cc2)c1. The van der Waals surface area contributed by atoms with Crippen molar-refractivity contribution < 1.29 is 29.0 Å². The number of nitrogens with one attached hydrogen (secondary N) is 1. The summed E-state index contributed by atoms with van der Waals surface area (Å²) in [6, 6.07) is 13.4. The molecule has 1 aliphatic rings. The van der Waals surface area contributed by atoms with E-state index in [4.69, 9.17) is 14.6 Å². The predicted molar refractivity (Wildman–Crippen MR) is 105 cm³/mol. The van der Waals surface area contributed by atoms with Crippen LogP contribution in [0.3, 0.4) is 0 Å². The minimum atomic E-state index is -1.09. The smallest absolute Gasteiger partial charge is 0.341 e. The van der Waals surface area contributed by atoms with Crippen molar-refractivity contribution in [1.82, 2.24) is 4.90 Å². The van der Waals surface area contributed by atoms with Crippen molar-refractivity contribution >= 4 is 23.5 Å². The molecule has 3 rings (SSSR count). The molecule has 1 aliphatic heterocycles. The van der Waals surface area contributed by atoms with Crippen molar-refractivity contribution in [1.29, 1.82) is 0 Å². The molecule has 1 saturated heterocycles. The van der Waals surface area contributed by atoms with E-state index in [1.54, 1.807) is 47.4 Å². The predicted octanol–water partition coefficient (Wildman–Crippen LogP) is 1.80. The second-order valence-corrected chi connectivity index (χ2v) is 6.53. The molecule has 0 bridgehead atoms. The molecule has 0 aliphatic carbocycles. The molecule has 2 aromatic rings. The number of ether oxygens (including phenoxy) is 2.